The Labute approximate surface area is 339 Å². The molecule has 1 aromatic heterocycles. The van der Waals surface area contributed by atoms with E-state index in [2.05, 4.69) is 35.5 Å². The van der Waals surface area contributed by atoms with E-state index in [0.29, 0.717) is 35.9 Å². The predicted molar refractivity (Wildman–Crippen MR) is 210 cm³/mol. The lowest BCUT2D eigenvalue weighted by Crippen LogP contribution is -2.54. The van der Waals surface area contributed by atoms with Crippen LogP contribution < -0.4 is 25.2 Å². The van der Waals surface area contributed by atoms with E-state index >= 15 is 4.39 Å². The molecule has 1 aliphatic carbocycles. The highest BCUT2D eigenvalue weighted by Crippen LogP contribution is 2.36. The number of halogens is 2. The Kier molecular flexibility index (Phi) is 11.0. The number of ether oxygens (including phenoxy) is 1. The molecule has 1 saturated carbocycles. The summed E-state index contributed by atoms with van der Waals surface area (Å²) in [4.78, 5) is 71.2. The number of fused-ring (bicyclic) bond motifs is 1. The van der Waals surface area contributed by atoms with Gasteiger partial charge in [0.2, 0.25) is 11.8 Å². The minimum Gasteiger partial charge on any atom is -0.490 e. The van der Waals surface area contributed by atoms with Crippen LogP contribution in [0.3, 0.4) is 0 Å². The van der Waals surface area contributed by atoms with E-state index in [4.69, 9.17) is 21.6 Å². The zero-order valence-electron chi connectivity index (χ0n) is 31.8. The number of carbonyl (C=O) groups excluding carboxylic acids is 5. The van der Waals surface area contributed by atoms with Crippen LogP contribution in [0.15, 0.2) is 48.5 Å². The fourth-order valence-electron chi connectivity index (χ4n) is 8.59. The number of aromatic nitrogens is 2. The lowest BCUT2D eigenvalue weighted by Gasteiger charge is -2.39. The molecule has 4 aliphatic heterocycles. The molecule has 15 nitrogen and oxygen atoms in total. The third-order valence-corrected chi connectivity index (χ3v) is 12.3. The molecule has 0 bridgehead atoms. The number of nitriles is 1. The molecule has 2 N–H and O–H groups in total. The van der Waals surface area contributed by atoms with Crippen LogP contribution in [0.1, 0.15) is 77.6 Å². The Morgan fingerprint density at radius 3 is 2.31 bits per heavy atom. The minimum absolute atomic E-state index is 0.00172. The van der Waals surface area contributed by atoms with Crippen molar-refractivity contribution < 1.29 is 33.1 Å². The van der Waals surface area contributed by atoms with Crippen LogP contribution in [-0.2, 0) is 14.4 Å². The second-order valence-corrected chi connectivity index (χ2v) is 16.1. The fraction of sp³-hybridized carbons (Fsp3) is 0.463. The van der Waals surface area contributed by atoms with Crippen LogP contribution in [0.25, 0.3) is 0 Å². The molecule has 58 heavy (non-hydrogen) atoms. The molecule has 1 unspecified atom stereocenters. The molecule has 5 heterocycles. The van der Waals surface area contributed by atoms with Crippen LogP contribution in [0.5, 0.6) is 5.75 Å². The highest BCUT2D eigenvalue weighted by atomic mass is 35.5. The topological polar surface area (TPSA) is 181 Å². The average molecular weight is 812 g/mol. The van der Waals surface area contributed by atoms with Crippen molar-refractivity contribution in [2.75, 3.05) is 60.9 Å². The summed E-state index contributed by atoms with van der Waals surface area (Å²) in [5.41, 5.74) is -0.289. The van der Waals surface area contributed by atoms with E-state index in [-0.39, 0.29) is 53.8 Å². The van der Waals surface area contributed by atoms with Crippen LogP contribution in [0.4, 0.5) is 21.7 Å². The van der Waals surface area contributed by atoms with Gasteiger partial charge >= 0.3 is 0 Å². The van der Waals surface area contributed by atoms with E-state index in [1.807, 2.05) is 12.1 Å². The number of amides is 5. The maximum absolute atomic E-state index is 15.7. The summed E-state index contributed by atoms with van der Waals surface area (Å²) in [5, 5.41) is 22.7. The average Bonchev–Trinajstić information content (AvgIpc) is 3.47. The number of imide groups is 2. The van der Waals surface area contributed by atoms with Crippen molar-refractivity contribution in [2.45, 2.75) is 69.2 Å². The number of nitrogens with zero attached hydrogens (tertiary/aromatic N) is 7. The predicted octanol–water partition coefficient (Wildman–Crippen LogP) is 4.11. The molecular weight excluding hydrogens is 769 g/mol. The smallest absolute Gasteiger partial charge is 0.263 e. The number of piperidine rings is 2. The Morgan fingerprint density at radius 1 is 0.897 bits per heavy atom. The van der Waals surface area contributed by atoms with Gasteiger partial charge in [-0.1, -0.05) is 11.6 Å². The summed E-state index contributed by atoms with van der Waals surface area (Å²) in [5.74, 6) is -0.871. The molecule has 1 atom stereocenters. The maximum atomic E-state index is 15.7. The molecule has 0 radical (unpaired) electrons. The second kappa shape index (κ2) is 16.3. The fourth-order valence-corrected chi connectivity index (χ4v) is 8.80. The molecule has 5 aliphatic rings. The van der Waals surface area contributed by atoms with Gasteiger partial charge in [-0.2, -0.15) is 5.26 Å². The molecule has 2 aromatic carbocycles. The summed E-state index contributed by atoms with van der Waals surface area (Å²) in [7, 11) is 0. The number of nitrogens with one attached hydrogen (secondary N) is 2. The van der Waals surface area contributed by atoms with Gasteiger partial charge in [0.15, 0.2) is 17.3 Å². The van der Waals surface area contributed by atoms with Gasteiger partial charge < -0.3 is 19.9 Å². The minimum atomic E-state index is -2.05. The largest absolute Gasteiger partial charge is 0.490 e. The van der Waals surface area contributed by atoms with E-state index in [0.717, 1.165) is 69.2 Å². The first-order valence-corrected chi connectivity index (χ1v) is 20.1. The van der Waals surface area contributed by atoms with E-state index in [1.54, 1.807) is 42.5 Å². The van der Waals surface area contributed by atoms with E-state index in [1.165, 1.54) is 0 Å². The third kappa shape index (κ3) is 8.06. The van der Waals surface area contributed by atoms with Gasteiger partial charge in [0.1, 0.15) is 17.9 Å². The lowest BCUT2D eigenvalue weighted by molar-refractivity contribution is -0.136. The normalized spacial score (nSPS) is 24.3. The van der Waals surface area contributed by atoms with Crippen molar-refractivity contribution in [2.24, 2.45) is 5.92 Å². The van der Waals surface area contributed by atoms with Crippen LogP contribution >= 0.6 is 11.6 Å². The van der Waals surface area contributed by atoms with Crippen LogP contribution in [-0.4, -0.2) is 113 Å². The number of rotatable bonds is 9. The molecule has 8 rings (SSSR count). The monoisotopic (exact) mass is 811 g/mol. The molecule has 302 valence electrons. The van der Waals surface area contributed by atoms with Gasteiger partial charge in [-0.3, -0.25) is 39.1 Å². The van der Waals surface area contributed by atoms with Crippen molar-refractivity contribution in [1.82, 2.24) is 25.3 Å². The molecule has 5 amide bonds. The van der Waals surface area contributed by atoms with E-state index < -0.39 is 41.2 Å². The summed E-state index contributed by atoms with van der Waals surface area (Å²) < 4.78 is 21.7. The van der Waals surface area contributed by atoms with E-state index in [9.17, 15) is 24.0 Å². The van der Waals surface area contributed by atoms with Gasteiger partial charge in [-0.25, -0.2) is 4.39 Å². The van der Waals surface area contributed by atoms with Crippen molar-refractivity contribution in [3.05, 3.63) is 70.2 Å². The SMILES string of the molecule is N#Cc1ccc(O[C@H]2CC[C@](F)(C(=O)Nc3ccc(N4CCC(CN5CCN(c6ccc7c(c6)C(=O)N(C6CCC(=O)NC6=O)C7=O)CC5)CC4)nn3)CC2)cc1Cl. The van der Waals surface area contributed by atoms with Crippen molar-refractivity contribution >= 4 is 58.5 Å². The quantitative estimate of drug-likeness (QED) is 0.296. The zero-order chi connectivity index (χ0) is 40.6. The zero-order valence-corrected chi connectivity index (χ0v) is 32.5. The number of benzene rings is 2. The Hall–Kier alpha value is -5.66. The Morgan fingerprint density at radius 2 is 1.64 bits per heavy atom. The van der Waals surface area contributed by atoms with Crippen LogP contribution in [0.2, 0.25) is 5.02 Å². The summed E-state index contributed by atoms with van der Waals surface area (Å²) in [6, 6.07) is 14.5. The van der Waals surface area contributed by atoms with Gasteiger partial charge in [0, 0.05) is 64.0 Å². The number of hydrogen-bond donors (Lipinski definition) is 2. The number of hydrogen-bond acceptors (Lipinski definition) is 12. The van der Waals surface area contributed by atoms with Gasteiger partial charge in [-0.05, 0) is 93.3 Å². The van der Waals surface area contributed by atoms with Crippen molar-refractivity contribution in [3.8, 4) is 11.8 Å². The van der Waals surface area contributed by atoms with Crippen molar-refractivity contribution in [3.63, 3.8) is 0 Å². The molecule has 3 aromatic rings. The third-order valence-electron chi connectivity index (χ3n) is 12.0. The number of alkyl halides is 1. The highest BCUT2D eigenvalue weighted by molar-refractivity contribution is 6.31. The first-order valence-electron chi connectivity index (χ1n) is 19.8. The molecule has 0 spiro atoms. The summed E-state index contributed by atoms with van der Waals surface area (Å²) in [6.07, 6.45) is 2.58. The number of piperazine rings is 1. The van der Waals surface area contributed by atoms with Gasteiger partial charge in [0.05, 0.1) is 27.8 Å². The first kappa shape index (κ1) is 39.2. The lowest BCUT2D eigenvalue weighted by atomic mass is 9.84. The van der Waals surface area contributed by atoms with Crippen LogP contribution in [0, 0.1) is 17.2 Å². The van der Waals surface area contributed by atoms with Gasteiger partial charge in [0.25, 0.3) is 17.7 Å². The van der Waals surface area contributed by atoms with Crippen molar-refractivity contribution in [1.29, 1.82) is 5.26 Å². The van der Waals surface area contributed by atoms with Gasteiger partial charge in [-0.15, -0.1) is 10.2 Å². The molecule has 3 saturated heterocycles. The molecule has 4 fully saturated rings. The highest BCUT2D eigenvalue weighted by Gasteiger charge is 2.45. The number of anilines is 3. The maximum Gasteiger partial charge on any atom is 0.263 e. The summed E-state index contributed by atoms with van der Waals surface area (Å²) in [6.45, 7) is 5.84. The number of carbonyl (C=O) groups is 5. The first-order chi connectivity index (χ1) is 28.0. The Balaban J connectivity index is 0.762. The molecular formula is C41H43ClFN9O6. The summed E-state index contributed by atoms with van der Waals surface area (Å²) >= 11 is 6.10. The standard InChI is InChI=1S/C41H43ClFN9O6/c42-32-22-29(3-1-26(32)23-44)58-28-9-13-41(43,14-10-28)40(57)45-34-6-7-35(48-47-34)51-15-11-25(12-16-51)24-49-17-19-50(20-18-49)27-2-4-30-31(21-27)39(56)52(38(30)55)33-5-8-36(53)46-37(33)54/h1-4,6-7,21-22,25,28,33H,5,8-20,24H2,(H,45,47,57)(H,46,53,54)/t28-,33?,41+. The molecule has 17 heteroatoms. The second-order valence-electron chi connectivity index (χ2n) is 15.7. The Bertz CT molecular complexity index is 2160.